The van der Waals surface area contributed by atoms with Crippen molar-refractivity contribution in [1.29, 1.82) is 0 Å². The minimum absolute atomic E-state index is 0.265. The van der Waals surface area contributed by atoms with Crippen LogP contribution in [0.3, 0.4) is 0 Å². The molecule has 0 fully saturated rings. The van der Waals surface area contributed by atoms with Crippen LogP contribution in [0.4, 0.5) is 4.39 Å². The summed E-state index contributed by atoms with van der Waals surface area (Å²) in [5.74, 6) is -0.630. The average Bonchev–Trinajstić information content (AvgIpc) is 3.16. The number of carbonyl (C=O) groups is 1. The number of aromatic amines is 1. The summed E-state index contributed by atoms with van der Waals surface area (Å²) in [4.78, 5) is 12.3. The van der Waals surface area contributed by atoms with Crippen molar-refractivity contribution in [3.63, 3.8) is 0 Å². The number of aryl methyl sites for hydroxylation is 1. The van der Waals surface area contributed by atoms with E-state index in [9.17, 15) is 9.18 Å². The molecule has 0 spiro atoms. The summed E-state index contributed by atoms with van der Waals surface area (Å²) in [5.41, 5.74) is 1.45. The first-order chi connectivity index (χ1) is 11.1. The Hall–Kier alpha value is -2.61. The molecule has 0 unspecified atom stereocenters. The van der Waals surface area contributed by atoms with Gasteiger partial charge < -0.3 is 5.32 Å². The van der Waals surface area contributed by atoms with Crippen LogP contribution in [0, 0.1) is 12.7 Å². The molecule has 3 rings (SSSR count). The maximum atomic E-state index is 13.3. The van der Waals surface area contributed by atoms with Crippen molar-refractivity contribution in [3.05, 3.63) is 51.9 Å². The van der Waals surface area contributed by atoms with Crippen molar-refractivity contribution < 1.29 is 9.18 Å². The van der Waals surface area contributed by atoms with Crippen LogP contribution in [-0.4, -0.2) is 32.8 Å². The molecule has 0 bridgehead atoms. The van der Waals surface area contributed by atoms with Crippen LogP contribution in [0.25, 0.3) is 11.3 Å². The molecule has 6 nitrogen and oxygen atoms in total. The Morgan fingerprint density at radius 1 is 1.39 bits per heavy atom. The highest BCUT2D eigenvalue weighted by Gasteiger charge is 2.15. The molecule has 0 saturated heterocycles. The number of halogens is 1. The van der Waals surface area contributed by atoms with Gasteiger partial charge in [-0.05, 0) is 19.1 Å². The molecular weight excluding hydrogens is 317 g/mol. The molecule has 2 N–H and O–H groups in total. The van der Waals surface area contributed by atoms with Crippen LogP contribution >= 0.6 is 11.3 Å². The Labute approximate surface area is 135 Å². The largest absolute Gasteiger partial charge is 0.351 e. The number of carbonyl (C=O) groups excluding carboxylic acids is 1. The molecule has 2 heterocycles. The number of benzene rings is 1. The van der Waals surface area contributed by atoms with Gasteiger partial charge in [-0.25, -0.2) is 4.39 Å². The van der Waals surface area contributed by atoms with Gasteiger partial charge >= 0.3 is 0 Å². The fourth-order valence-corrected chi connectivity index (χ4v) is 2.85. The fraction of sp³-hybridized carbons (Fsp3) is 0.200. The second-order valence-corrected chi connectivity index (χ2v) is 6.16. The lowest BCUT2D eigenvalue weighted by molar-refractivity contribution is 0.0955. The zero-order valence-corrected chi connectivity index (χ0v) is 13.2. The Morgan fingerprint density at radius 2 is 2.26 bits per heavy atom. The van der Waals surface area contributed by atoms with Crippen LogP contribution in [-0.2, 0) is 6.42 Å². The molecule has 0 aliphatic carbocycles. The second kappa shape index (κ2) is 6.66. The van der Waals surface area contributed by atoms with E-state index in [4.69, 9.17) is 0 Å². The molecule has 1 amide bonds. The predicted octanol–water partition coefficient (Wildman–Crippen LogP) is 2.35. The highest BCUT2D eigenvalue weighted by molar-refractivity contribution is 7.11. The van der Waals surface area contributed by atoms with Crippen LogP contribution < -0.4 is 5.32 Å². The van der Waals surface area contributed by atoms with Gasteiger partial charge in [-0.1, -0.05) is 12.1 Å². The van der Waals surface area contributed by atoms with E-state index >= 15 is 0 Å². The number of hydrogen-bond acceptors (Lipinski definition) is 5. The first-order valence-corrected chi connectivity index (χ1v) is 7.81. The van der Waals surface area contributed by atoms with Gasteiger partial charge in [0.25, 0.3) is 5.91 Å². The van der Waals surface area contributed by atoms with Crippen LogP contribution in [0.5, 0.6) is 0 Å². The molecule has 0 aliphatic rings. The Balaban J connectivity index is 1.67. The number of nitrogens with one attached hydrogen (secondary N) is 2. The summed E-state index contributed by atoms with van der Waals surface area (Å²) in [7, 11) is 0. The highest BCUT2D eigenvalue weighted by atomic mass is 32.1. The van der Waals surface area contributed by atoms with E-state index in [1.165, 1.54) is 29.7 Å². The van der Waals surface area contributed by atoms with E-state index in [1.54, 1.807) is 12.1 Å². The standard InChI is InChI=1S/C15H14FN5OS/c1-9-19-20-13(23-9)5-6-17-15(22)12-8-18-21-14(12)10-3-2-4-11(16)7-10/h2-4,7-8H,5-6H2,1H3,(H,17,22)(H,18,21). The maximum Gasteiger partial charge on any atom is 0.255 e. The lowest BCUT2D eigenvalue weighted by Crippen LogP contribution is -2.25. The number of amides is 1. The SMILES string of the molecule is Cc1nnc(CCNC(=O)c2cn[nH]c2-c2cccc(F)c2)s1. The van der Waals surface area contributed by atoms with Gasteiger partial charge in [-0.2, -0.15) is 5.10 Å². The van der Waals surface area contributed by atoms with Crippen molar-refractivity contribution in [2.75, 3.05) is 6.54 Å². The third kappa shape index (κ3) is 3.59. The van der Waals surface area contributed by atoms with Crippen molar-refractivity contribution >= 4 is 17.2 Å². The van der Waals surface area contributed by atoms with Gasteiger partial charge in [-0.3, -0.25) is 9.89 Å². The van der Waals surface area contributed by atoms with Crippen molar-refractivity contribution in [2.45, 2.75) is 13.3 Å². The number of aromatic nitrogens is 4. The summed E-state index contributed by atoms with van der Waals surface area (Å²) in [6.45, 7) is 2.33. The van der Waals surface area contributed by atoms with E-state index in [2.05, 4.69) is 25.7 Å². The first-order valence-electron chi connectivity index (χ1n) is 7.00. The minimum Gasteiger partial charge on any atom is -0.351 e. The third-order valence-corrected chi connectivity index (χ3v) is 4.09. The molecule has 3 aromatic rings. The topological polar surface area (TPSA) is 83.6 Å². The summed E-state index contributed by atoms with van der Waals surface area (Å²) < 4.78 is 13.3. The minimum atomic E-state index is -0.366. The quantitative estimate of drug-likeness (QED) is 0.752. The number of hydrogen-bond donors (Lipinski definition) is 2. The van der Waals surface area contributed by atoms with Crippen molar-refractivity contribution in [3.8, 4) is 11.3 Å². The second-order valence-electron chi connectivity index (χ2n) is 4.89. The zero-order valence-electron chi connectivity index (χ0n) is 12.3. The van der Waals surface area contributed by atoms with Gasteiger partial charge in [0.1, 0.15) is 15.8 Å². The molecule has 0 aliphatic heterocycles. The van der Waals surface area contributed by atoms with E-state index in [0.717, 1.165) is 10.0 Å². The summed E-state index contributed by atoms with van der Waals surface area (Å²) >= 11 is 1.50. The zero-order chi connectivity index (χ0) is 16.2. The van der Waals surface area contributed by atoms with E-state index in [0.29, 0.717) is 29.8 Å². The fourth-order valence-electron chi connectivity index (χ4n) is 2.14. The molecule has 0 saturated carbocycles. The van der Waals surface area contributed by atoms with Crippen LogP contribution in [0.1, 0.15) is 20.4 Å². The van der Waals surface area contributed by atoms with Gasteiger partial charge in [0.15, 0.2) is 0 Å². The summed E-state index contributed by atoms with van der Waals surface area (Å²) in [5, 5.41) is 19.2. The molecule has 0 atom stereocenters. The van der Waals surface area contributed by atoms with E-state index in [1.807, 2.05) is 6.92 Å². The normalized spacial score (nSPS) is 10.7. The van der Waals surface area contributed by atoms with E-state index in [-0.39, 0.29) is 11.7 Å². The maximum absolute atomic E-state index is 13.3. The lowest BCUT2D eigenvalue weighted by Gasteiger charge is -2.05. The summed E-state index contributed by atoms with van der Waals surface area (Å²) in [6.07, 6.45) is 2.05. The number of nitrogens with zero attached hydrogens (tertiary/aromatic N) is 3. The smallest absolute Gasteiger partial charge is 0.255 e. The van der Waals surface area contributed by atoms with Gasteiger partial charge in [0, 0.05) is 18.5 Å². The van der Waals surface area contributed by atoms with Crippen LogP contribution in [0.2, 0.25) is 0 Å². The third-order valence-electron chi connectivity index (χ3n) is 3.19. The Morgan fingerprint density at radius 3 is 3.00 bits per heavy atom. The van der Waals surface area contributed by atoms with Gasteiger partial charge in [0.05, 0.1) is 17.5 Å². The molecule has 2 aromatic heterocycles. The van der Waals surface area contributed by atoms with Gasteiger partial charge in [-0.15, -0.1) is 21.5 Å². The lowest BCUT2D eigenvalue weighted by atomic mass is 10.1. The number of rotatable bonds is 5. The molecule has 23 heavy (non-hydrogen) atoms. The van der Waals surface area contributed by atoms with Gasteiger partial charge in [0.2, 0.25) is 0 Å². The predicted molar refractivity (Wildman–Crippen MR) is 84.7 cm³/mol. The Bertz CT molecular complexity index is 829. The monoisotopic (exact) mass is 331 g/mol. The van der Waals surface area contributed by atoms with Crippen LogP contribution in [0.15, 0.2) is 30.5 Å². The molecule has 0 radical (unpaired) electrons. The summed E-state index contributed by atoms with van der Waals surface area (Å²) in [6, 6.07) is 6.01. The molecule has 1 aromatic carbocycles. The highest BCUT2D eigenvalue weighted by Crippen LogP contribution is 2.21. The van der Waals surface area contributed by atoms with Crippen molar-refractivity contribution in [1.82, 2.24) is 25.7 Å². The van der Waals surface area contributed by atoms with E-state index < -0.39 is 0 Å². The molecule has 8 heteroatoms. The Kier molecular flexibility index (Phi) is 4.42. The molecular formula is C15H14FN5OS. The first kappa shape index (κ1) is 15.3. The van der Waals surface area contributed by atoms with Crippen molar-refractivity contribution in [2.24, 2.45) is 0 Å². The number of H-pyrrole nitrogens is 1. The molecule has 118 valence electrons. The average molecular weight is 331 g/mol.